The lowest BCUT2D eigenvalue weighted by Crippen LogP contribution is -2.20. The largest absolute Gasteiger partial charge is 0.325 e. The first-order valence-corrected chi connectivity index (χ1v) is 6.86. The molecule has 1 fully saturated rings. The first kappa shape index (κ1) is 12.2. The van der Waals surface area contributed by atoms with Gasteiger partial charge in [-0.3, -0.25) is 4.79 Å². The summed E-state index contributed by atoms with van der Waals surface area (Å²) in [6, 6.07) is 5.63. The Hall–Kier alpha value is -0.290. The van der Waals surface area contributed by atoms with Crippen molar-refractivity contribution < 1.29 is 4.79 Å². The molecule has 2 nitrogen and oxygen atoms in total. The van der Waals surface area contributed by atoms with Crippen molar-refractivity contribution in [3.63, 3.8) is 0 Å². The first-order valence-electron chi connectivity index (χ1n) is 5.40. The molecule has 0 aromatic heterocycles. The quantitative estimate of drug-likeness (QED) is 0.819. The smallest absolute Gasteiger partial charge is 0.224 e. The summed E-state index contributed by atoms with van der Waals surface area (Å²) in [6.07, 6.45) is 4.27. The molecule has 0 saturated heterocycles. The summed E-state index contributed by atoms with van der Waals surface area (Å²) in [5, 5.41) is 3.47. The van der Waals surface area contributed by atoms with Gasteiger partial charge in [-0.25, -0.2) is 0 Å². The molecule has 1 amide bonds. The summed E-state index contributed by atoms with van der Waals surface area (Å²) in [7, 11) is 0. The second-order valence-corrected chi connectivity index (χ2v) is 5.83. The van der Waals surface area contributed by atoms with E-state index in [1.165, 1.54) is 19.3 Å². The Kier molecular flexibility index (Phi) is 4.08. The van der Waals surface area contributed by atoms with Gasteiger partial charge in [0.15, 0.2) is 0 Å². The van der Waals surface area contributed by atoms with Gasteiger partial charge in [0.05, 0.1) is 10.7 Å². The van der Waals surface area contributed by atoms with E-state index in [1.54, 1.807) is 0 Å². The van der Waals surface area contributed by atoms with Crippen LogP contribution < -0.4 is 5.32 Å². The molecule has 0 heterocycles. The second kappa shape index (κ2) is 5.36. The first-order chi connectivity index (χ1) is 7.65. The van der Waals surface area contributed by atoms with Crippen LogP contribution in [0.3, 0.4) is 0 Å². The predicted octanol–water partition coefficient (Wildman–Crippen LogP) is 4.07. The highest BCUT2D eigenvalue weighted by atomic mass is 127. The number of carbonyl (C=O) groups is 1. The third-order valence-corrected chi connectivity index (χ3v) is 3.89. The van der Waals surface area contributed by atoms with E-state index in [4.69, 9.17) is 11.6 Å². The number of amides is 1. The minimum atomic E-state index is 0.0767. The van der Waals surface area contributed by atoms with E-state index in [2.05, 4.69) is 27.9 Å². The maximum Gasteiger partial charge on any atom is 0.224 e. The third kappa shape index (κ3) is 3.10. The normalized spacial score (nSPS) is 15.6. The summed E-state index contributed by atoms with van der Waals surface area (Å²) >= 11 is 8.23. The van der Waals surface area contributed by atoms with Gasteiger partial charge in [0, 0.05) is 9.99 Å². The molecular formula is C12H13ClINO. The Bertz CT molecular complexity index is 404. The van der Waals surface area contributed by atoms with E-state index < -0.39 is 0 Å². The molecule has 0 radical (unpaired) electrons. The Balaban J connectivity index is 1.94. The standard InChI is InChI=1S/C12H13ClINO/c13-10-7-9(14)4-5-11(10)15-12(16)6-8-2-1-3-8/h4-5,7-8H,1-3,6H2,(H,15,16). The average molecular weight is 350 g/mol. The number of rotatable bonds is 3. The highest BCUT2D eigenvalue weighted by Gasteiger charge is 2.20. The van der Waals surface area contributed by atoms with E-state index in [9.17, 15) is 4.79 Å². The maximum absolute atomic E-state index is 11.7. The number of nitrogens with one attached hydrogen (secondary N) is 1. The lowest BCUT2D eigenvalue weighted by molar-refractivity contribution is -0.117. The van der Waals surface area contributed by atoms with Gasteiger partial charge in [0.25, 0.3) is 0 Å². The number of anilines is 1. The molecule has 1 aliphatic rings. The van der Waals surface area contributed by atoms with Gasteiger partial charge >= 0.3 is 0 Å². The molecule has 1 aliphatic carbocycles. The van der Waals surface area contributed by atoms with Crippen molar-refractivity contribution in [2.24, 2.45) is 5.92 Å². The van der Waals surface area contributed by atoms with Crippen LogP contribution in [0.15, 0.2) is 18.2 Å². The van der Waals surface area contributed by atoms with Gasteiger partial charge in [-0.1, -0.05) is 18.0 Å². The Morgan fingerprint density at radius 3 is 2.81 bits per heavy atom. The molecule has 0 atom stereocenters. The molecule has 0 aliphatic heterocycles. The van der Waals surface area contributed by atoms with Gasteiger partial charge in [-0.2, -0.15) is 0 Å². The summed E-state index contributed by atoms with van der Waals surface area (Å²) in [6.45, 7) is 0. The summed E-state index contributed by atoms with van der Waals surface area (Å²) in [5.41, 5.74) is 0.714. The zero-order valence-electron chi connectivity index (χ0n) is 8.80. The number of carbonyl (C=O) groups excluding carboxylic acids is 1. The van der Waals surface area contributed by atoms with Crippen LogP contribution in [0.4, 0.5) is 5.69 Å². The van der Waals surface area contributed by atoms with Crippen molar-refractivity contribution in [3.05, 3.63) is 26.8 Å². The van der Waals surface area contributed by atoms with Gasteiger partial charge < -0.3 is 5.32 Å². The minimum absolute atomic E-state index is 0.0767. The van der Waals surface area contributed by atoms with Crippen LogP contribution >= 0.6 is 34.2 Å². The van der Waals surface area contributed by atoms with E-state index >= 15 is 0 Å². The fourth-order valence-electron chi connectivity index (χ4n) is 1.75. The summed E-state index contributed by atoms with van der Waals surface area (Å²) in [4.78, 5) is 11.7. The van der Waals surface area contributed by atoms with Crippen molar-refractivity contribution in [1.29, 1.82) is 0 Å². The average Bonchev–Trinajstić information content (AvgIpc) is 2.16. The van der Waals surface area contributed by atoms with Crippen LogP contribution in [0, 0.1) is 9.49 Å². The van der Waals surface area contributed by atoms with Crippen molar-refractivity contribution in [2.75, 3.05) is 5.32 Å². The third-order valence-electron chi connectivity index (χ3n) is 2.90. The Morgan fingerprint density at radius 2 is 2.25 bits per heavy atom. The van der Waals surface area contributed by atoms with Crippen LogP contribution in [-0.2, 0) is 4.79 Å². The fourth-order valence-corrected chi connectivity index (χ4v) is 2.65. The zero-order valence-corrected chi connectivity index (χ0v) is 11.7. The van der Waals surface area contributed by atoms with Crippen molar-refractivity contribution in [1.82, 2.24) is 0 Å². The molecule has 2 rings (SSSR count). The Labute approximate surface area is 114 Å². The van der Waals surface area contributed by atoms with Crippen LogP contribution in [0.1, 0.15) is 25.7 Å². The van der Waals surface area contributed by atoms with E-state index in [0.717, 1.165) is 3.57 Å². The number of halogens is 2. The lowest BCUT2D eigenvalue weighted by atomic mass is 9.83. The molecule has 4 heteroatoms. The van der Waals surface area contributed by atoms with Crippen molar-refractivity contribution in [3.8, 4) is 0 Å². The van der Waals surface area contributed by atoms with Crippen LogP contribution in [0.2, 0.25) is 5.02 Å². The number of hydrogen-bond donors (Lipinski definition) is 1. The molecule has 0 spiro atoms. The molecule has 0 bridgehead atoms. The Morgan fingerprint density at radius 1 is 1.50 bits per heavy atom. The van der Waals surface area contributed by atoms with Gasteiger partial charge in [-0.05, 0) is 59.5 Å². The molecule has 16 heavy (non-hydrogen) atoms. The highest BCUT2D eigenvalue weighted by molar-refractivity contribution is 14.1. The van der Waals surface area contributed by atoms with Crippen LogP contribution in [0.25, 0.3) is 0 Å². The topological polar surface area (TPSA) is 29.1 Å². The maximum atomic E-state index is 11.7. The van der Waals surface area contributed by atoms with Gasteiger partial charge in [-0.15, -0.1) is 0 Å². The molecule has 0 unspecified atom stereocenters. The second-order valence-electron chi connectivity index (χ2n) is 4.17. The molecule has 1 aromatic rings. The van der Waals surface area contributed by atoms with Crippen molar-refractivity contribution >= 4 is 45.8 Å². The van der Waals surface area contributed by atoms with E-state index in [1.807, 2.05) is 18.2 Å². The summed E-state index contributed by atoms with van der Waals surface area (Å²) < 4.78 is 1.07. The van der Waals surface area contributed by atoms with E-state index in [0.29, 0.717) is 23.0 Å². The minimum Gasteiger partial charge on any atom is -0.325 e. The molecule has 1 aromatic carbocycles. The number of hydrogen-bond acceptors (Lipinski definition) is 1. The van der Waals surface area contributed by atoms with Crippen LogP contribution in [-0.4, -0.2) is 5.91 Å². The molecule has 86 valence electrons. The SMILES string of the molecule is O=C(CC1CCC1)Nc1ccc(I)cc1Cl. The van der Waals surface area contributed by atoms with Crippen LogP contribution in [0.5, 0.6) is 0 Å². The van der Waals surface area contributed by atoms with E-state index in [-0.39, 0.29) is 5.91 Å². The molecule has 1 N–H and O–H groups in total. The van der Waals surface area contributed by atoms with Crippen molar-refractivity contribution in [2.45, 2.75) is 25.7 Å². The monoisotopic (exact) mass is 349 g/mol. The summed E-state index contributed by atoms with van der Waals surface area (Å²) in [5.74, 6) is 0.662. The van der Waals surface area contributed by atoms with Gasteiger partial charge in [0.2, 0.25) is 5.91 Å². The predicted molar refractivity (Wildman–Crippen MR) is 74.8 cm³/mol. The highest BCUT2D eigenvalue weighted by Crippen LogP contribution is 2.30. The molecule has 1 saturated carbocycles. The zero-order chi connectivity index (χ0) is 11.5. The lowest BCUT2D eigenvalue weighted by Gasteiger charge is -2.24. The number of benzene rings is 1. The van der Waals surface area contributed by atoms with Gasteiger partial charge in [0.1, 0.15) is 0 Å². The fraction of sp³-hybridized carbons (Fsp3) is 0.417. The molecular weight excluding hydrogens is 336 g/mol.